The SMILES string of the molecule is COC(=O)c1ccc(C2=CCC3(C)C(CCC4(C)C3CCC3C5C(C6(C)CC6)CCC5(N=C=O)CCC34C)C2(C)C)cc1. The van der Waals surface area contributed by atoms with Crippen molar-refractivity contribution in [1.29, 1.82) is 0 Å². The largest absolute Gasteiger partial charge is 0.465 e. The van der Waals surface area contributed by atoms with Crippen molar-refractivity contribution in [3.05, 3.63) is 41.5 Å². The predicted molar refractivity (Wildman–Crippen MR) is 171 cm³/mol. The van der Waals surface area contributed by atoms with E-state index in [4.69, 9.17) is 9.73 Å². The van der Waals surface area contributed by atoms with Crippen LogP contribution in [-0.2, 0) is 9.53 Å². The van der Waals surface area contributed by atoms with E-state index in [2.05, 4.69) is 65.8 Å². The molecule has 4 nitrogen and oxygen atoms in total. The number of rotatable bonds is 4. The van der Waals surface area contributed by atoms with Gasteiger partial charge in [0.05, 0.1) is 18.2 Å². The standard InChI is InChI=1S/C39H53NO3/c1-34(2)27(25-8-10-26(11-9-25)33(42)43-7)14-17-36(4)30(34)16-18-38(6)31(36)13-12-29-32-28(35(3)20-21-35)15-19-39(32,40-24-41)23-22-37(29,38)5/h8-11,14,28-32H,12-13,15-23H2,1-7H3. The van der Waals surface area contributed by atoms with Gasteiger partial charge in [0.25, 0.3) is 0 Å². The topological polar surface area (TPSA) is 55.7 Å². The summed E-state index contributed by atoms with van der Waals surface area (Å²) in [5, 5.41) is 0. The van der Waals surface area contributed by atoms with Gasteiger partial charge in [0.2, 0.25) is 6.08 Å². The minimum absolute atomic E-state index is 0.0520. The molecule has 9 unspecified atom stereocenters. The number of allylic oxidation sites excluding steroid dienone is 2. The lowest BCUT2D eigenvalue weighted by atomic mass is 9.33. The second-order valence-electron chi connectivity index (χ2n) is 17.4. The zero-order valence-corrected chi connectivity index (χ0v) is 27.7. The first-order valence-electron chi connectivity index (χ1n) is 17.3. The molecule has 7 rings (SSSR count). The van der Waals surface area contributed by atoms with Gasteiger partial charge in [0, 0.05) is 0 Å². The summed E-state index contributed by atoms with van der Waals surface area (Å²) in [5.41, 5.74) is 4.48. The van der Waals surface area contributed by atoms with E-state index < -0.39 is 0 Å². The van der Waals surface area contributed by atoms with Crippen molar-refractivity contribution in [2.75, 3.05) is 7.11 Å². The van der Waals surface area contributed by atoms with Crippen LogP contribution in [0.3, 0.4) is 0 Å². The minimum Gasteiger partial charge on any atom is -0.465 e. The molecule has 5 saturated carbocycles. The summed E-state index contributed by atoms with van der Waals surface area (Å²) in [7, 11) is 1.44. The van der Waals surface area contributed by atoms with Crippen LogP contribution < -0.4 is 0 Å². The van der Waals surface area contributed by atoms with Crippen molar-refractivity contribution in [2.45, 2.75) is 118 Å². The molecule has 1 aromatic rings. The highest BCUT2D eigenvalue weighted by atomic mass is 16.5. The number of carbonyl (C=O) groups excluding carboxylic acids is 2. The molecule has 5 fully saturated rings. The minimum atomic E-state index is -0.278. The molecular formula is C39H53NO3. The second kappa shape index (κ2) is 9.41. The quantitative estimate of drug-likeness (QED) is 0.202. The second-order valence-corrected chi connectivity index (χ2v) is 17.4. The highest BCUT2D eigenvalue weighted by Gasteiger charge is 2.72. The summed E-state index contributed by atoms with van der Waals surface area (Å²) < 4.78 is 4.94. The number of aliphatic imine (C=N–C) groups is 1. The molecule has 0 amide bonds. The molecule has 0 radical (unpaired) electrons. The molecule has 0 aromatic heterocycles. The molecule has 0 N–H and O–H groups in total. The number of ether oxygens (including phenoxy) is 1. The lowest BCUT2D eigenvalue weighted by Crippen LogP contribution is -2.66. The number of carbonyl (C=O) groups is 1. The smallest absolute Gasteiger partial charge is 0.337 e. The molecule has 0 aliphatic heterocycles. The highest BCUT2D eigenvalue weighted by Crippen LogP contribution is 2.78. The van der Waals surface area contributed by atoms with Crippen molar-refractivity contribution in [2.24, 2.45) is 61.7 Å². The van der Waals surface area contributed by atoms with E-state index in [9.17, 15) is 9.59 Å². The summed E-state index contributed by atoms with van der Waals surface area (Å²) >= 11 is 0. The number of methoxy groups -OCH3 is 1. The van der Waals surface area contributed by atoms with Gasteiger partial charge in [0.15, 0.2) is 0 Å². The summed E-state index contributed by atoms with van der Waals surface area (Å²) in [6, 6.07) is 8.08. The third-order valence-corrected chi connectivity index (χ3v) is 15.8. The Morgan fingerprint density at radius 1 is 0.814 bits per heavy atom. The maximum atomic E-state index is 12.1. The first kappa shape index (κ1) is 29.5. The zero-order chi connectivity index (χ0) is 30.6. The van der Waals surface area contributed by atoms with Gasteiger partial charge in [-0.05, 0) is 151 Å². The highest BCUT2D eigenvalue weighted by molar-refractivity contribution is 5.89. The maximum Gasteiger partial charge on any atom is 0.337 e. The molecule has 232 valence electrons. The third kappa shape index (κ3) is 3.84. The number of isocyanates is 1. The van der Waals surface area contributed by atoms with Crippen LogP contribution >= 0.6 is 0 Å². The average molecular weight is 584 g/mol. The fourth-order valence-electron chi connectivity index (χ4n) is 13.2. The first-order valence-corrected chi connectivity index (χ1v) is 17.3. The van der Waals surface area contributed by atoms with Crippen LogP contribution in [0.5, 0.6) is 0 Å². The van der Waals surface area contributed by atoms with Crippen LogP contribution in [0.1, 0.15) is 128 Å². The number of hydrogen-bond donors (Lipinski definition) is 0. The molecule has 9 atom stereocenters. The molecule has 4 heteroatoms. The van der Waals surface area contributed by atoms with E-state index in [1.54, 1.807) is 0 Å². The fourth-order valence-corrected chi connectivity index (χ4v) is 13.2. The summed E-state index contributed by atoms with van der Waals surface area (Å²) in [5.74, 6) is 2.94. The Morgan fingerprint density at radius 2 is 1.53 bits per heavy atom. The van der Waals surface area contributed by atoms with Crippen LogP contribution in [0.4, 0.5) is 0 Å². The molecule has 0 spiro atoms. The summed E-state index contributed by atoms with van der Waals surface area (Å²) in [6.45, 7) is 15.5. The molecular weight excluding hydrogens is 530 g/mol. The van der Waals surface area contributed by atoms with Gasteiger partial charge in [0.1, 0.15) is 0 Å². The first-order chi connectivity index (χ1) is 20.3. The van der Waals surface area contributed by atoms with Crippen molar-refractivity contribution < 1.29 is 14.3 Å². The van der Waals surface area contributed by atoms with Gasteiger partial charge < -0.3 is 4.74 Å². The maximum absolute atomic E-state index is 12.1. The Morgan fingerprint density at radius 3 is 2.19 bits per heavy atom. The number of nitrogens with zero attached hydrogens (tertiary/aromatic N) is 1. The normalized spacial score (nSPS) is 45.3. The lowest BCUT2D eigenvalue weighted by molar-refractivity contribution is -0.219. The van der Waals surface area contributed by atoms with Gasteiger partial charge in [-0.15, -0.1) is 0 Å². The summed E-state index contributed by atoms with van der Waals surface area (Å²) in [6.07, 6.45) is 18.3. The molecule has 6 aliphatic carbocycles. The number of benzene rings is 1. The lowest BCUT2D eigenvalue weighted by Gasteiger charge is -2.72. The van der Waals surface area contributed by atoms with Gasteiger partial charge in [-0.2, -0.15) is 4.99 Å². The Bertz CT molecular complexity index is 1400. The molecule has 0 saturated heterocycles. The van der Waals surface area contributed by atoms with Gasteiger partial charge in [-0.1, -0.05) is 59.8 Å². The van der Waals surface area contributed by atoms with Gasteiger partial charge >= 0.3 is 5.97 Å². The van der Waals surface area contributed by atoms with Crippen molar-refractivity contribution in [3.63, 3.8) is 0 Å². The molecule has 43 heavy (non-hydrogen) atoms. The number of esters is 1. The van der Waals surface area contributed by atoms with Crippen LogP contribution in [0.2, 0.25) is 0 Å². The van der Waals surface area contributed by atoms with E-state index in [0.717, 1.165) is 19.3 Å². The molecule has 0 heterocycles. The van der Waals surface area contributed by atoms with E-state index in [0.29, 0.717) is 46.0 Å². The Labute approximate surface area is 259 Å². The van der Waals surface area contributed by atoms with Crippen molar-refractivity contribution in [1.82, 2.24) is 0 Å². The summed E-state index contributed by atoms with van der Waals surface area (Å²) in [4.78, 5) is 28.7. The van der Waals surface area contributed by atoms with E-state index in [1.807, 2.05) is 12.1 Å². The zero-order valence-electron chi connectivity index (χ0n) is 27.7. The van der Waals surface area contributed by atoms with E-state index in [1.165, 1.54) is 69.6 Å². The van der Waals surface area contributed by atoms with Crippen molar-refractivity contribution >= 4 is 17.6 Å². The number of fused-ring (bicyclic) bond motifs is 7. The Hall–Kier alpha value is -2.19. The predicted octanol–water partition coefficient (Wildman–Crippen LogP) is 9.44. The molecule has 0 bridgehead atoms. The van der Waals surface area contributed by atoms with Gasteiger partial charge in [-0.25, -0.2) is 9.59 Å². The average Bonchev–Trinajstić information content (AvgIpc) is 3.60. The van der Waals surface area contributed by atoms with E-state index in [-0.39, 0.29) is 27.8 Å². The molecule has 6 aliphatic rings. The van der Waals surface area contributed by atoms with Crippen LogP contribution in [0, 0.1) is 56.7 Å². The van der Waals surface area contributed by atoms with Crippen molar-refractivity contribution in [3.8, 4) is 0 Å². The fraction of sp³-hybridized carbons (Fsp3) is 0.744. The van der Waals surface area contributed by atoms with Crippen LogP contribution in [-0.4, -0.2) is 24.7 Å². The Balaban J connectivity index is 1.23. The van der Waals surface area contributed by atoms with Crippen LogP contribution in [0.25, 0.3) is 5.57 Å². The van der Waals surface area contributed by atoms with Crippen LogP contribution in [0.15, 0.2) is 35.3 Å². The third-order valence-electron chi connectivity index (χ3n) is 15.8. The molecule has 1 aromatic carbocycles. The van der Waals surface area contributed by atoms with E-state index >= 15 is 0 Å². The van der Waals surface area contributed by atoms with Gasteiger partial charge in [-0.3, -0.25) is 0 Å². The number of hydrogen-bond acceptors (Lipinski definition) is 4. The Kier molecular flexibility index (Phi) is 6.46. The monoisotopic (exact) mass is 583 g/mol.